The van der Waals surface area contributed by atoms with Gasteiger partial charge in [0.05, 0.1) is 15.2 Å². The van der Waals surface area contributed by atoms with Crippen molar-refractivity contribution in [1.29, 1.82) is 0 Å². The minimum absolute atomic E-state index is 0.474. The Hall–Kier alpha value is -1.42. The zero-order valence-corrected chi connectivity index (χ0v) is 15.8. The number of rotatable bonds is 2. The molecular formula is C21H21ClN2S. The SMILES string of the molecule is CN1[C@H]2CC[C@@H]1[C@@H](c1nc3ccccc3s1)[C@@H](c1ccc(Cl)cc1)C2. The standard InChI is InChI=1S/C21H21ClN2S/c1-24-15-10-11-18(24)20(16(12-15)13-6-8-14(22)9-7-13)21-23-17-4-2-3-5-19(17)25-21/h2-9,15-16,18,20H,10-12H2,1H3/t15-,16+,18+,20-/m0/s1. The number of thiazole rings is 1. The summed E-state index contributed by atoms with van der Waals surface area (Å²) in [4.78, 5) is 7.66. The maximum atomic E-state index is 6.13. The summed E-state index contributed by atoms with van der Waals surface area (Å²) in [6.45, 7) is 0. The second kappa shape index (κ2) is 6.08. The van der Waals surface area contributed by atoms with Gasteiger partial charge in [0.25, 0.3) is 0 Å². The lowest BCUT2D eigenvalue weighted by atomic mass is 9.76. The molecule has 2 aliphatic heterocycles. The Bertz CT molecular complexity index is 871. The second-order valence-electron chi connectivity index (χ2n) is 7.40. The predicted molar refractivity (Wildman–Crippen MR) is 106 cm³/mol. The number of piperidine rings is 1. The van der Waals surface area contributed by atoms with E-state index in [1.165, 1.54) is 34.5 Å². The topological polar surface area (TPSA) is 16.1 Å². The zero-order valence-electron chi connectivity index (χ0n) is 14.2. The van der Waals surface area contributed by atoms with E-state index in [0.717, 1.165) is 10.5 Å². The van der Waals surface area contributed by atoms with Crippen LogP contribution in [0.2, 0.25) is 5.02 Å². The van der Waals surface area contributed by atoms with E-state index in [9.17, 15) is 0 Å². The van der Waals surface area contributed by atoms with E-state index in [4.69, 9.17) is 16.6 Å². The molecule has 4 atom stereocenters. The maximum absolute atomic E-state index is 6.13. The molecule has 5 rings (SSSR count). The molecule has 3 heterocycles. The normalized spacial score (nSPS) is 29.4. The Labute approximate surface area is 157 Å². The average molecular weight is 369 g/mol. The molecule has 2 nitrogen and oxygen atoms in total. The van der Waals surface area contributed by atoms with Crippen molar-refractivity contribution in [3.8, 4) is 0 Å². The molecule has 2 aliphatic rings. The van der Waals surface area contributed by atoms with Crippen LogP contribution in [-0.2, 0) is 0 Å². The van der Waals surface area contributed by atoms with E-state index < -0.39 is 0 Å². The van der Waals surface area contributed by atoms with Crippen molar-refractivity contribution in [2.45, 2.75) is 43.2 Å². The van der Waals surface area contributed by atoms with Crippen molar-refractivity contribution < 1.29 is 0 Å². The van der Waals surface area contributed by atoms with Crippen LogP contribution >= 0.6 is 22.9 Å². The van der Waals surface area contributed by atoms with Gasteiger partial charge < -0.3 is 0 Å². The molecule has 0 N–H and O–H groups in total. The largest absolute Gasteiger partial charge is 0.300 e. The molecule has 2 bridgehead atoms. The third-order valence-corrected chi connectivity index (χ3v) is 7.55. The molecule has 3 aromatic rings. The van der Waals surface area contributed by atoms with Gasteiger partial charge in [0.15, 0.2) is 0 Å². The number of benzene rings is 2. The summed E-state index contributed by atoms with van der Waals surface area (Å²) in [6, 6.07) is 18.3. The first kappa shape index (κ1) is 15.8. The minimum Gasteiger partial charge on any atom is -0.300 e. The van der Waals surface area contributed by atoms with Gasteiger partial charge in [-0.2, -0.15) is 0 Å². The lowest BCUT2D eigenvalue weighted by Crippen LogP contribution is -2.44. The summed E-state index contributed by atoms with van der Waals surface area (Å²) in [7, 11) is 2.31. The molecule has 2 fully saturated rings. The number of halogens is 1. The fourth-order valence-electron chi connectivity index (χ4n) is 4.89. The van der Waals surface area contributed by atoms with Gasteiger partial charge in [-0.25, -0.2) is 4.98 Å². The van der Waals surface area contributed by atoms with Crippen LogP contribution in [0.25, 0.3) is 10.2 Å². The van der Waals surface area contributed by atoms with E-state index in [2.05, 4.69) is 48.3 Å². The van der Waals surface area contributed by atoms with Gasteiger partial charge in [-0.15, -0.1) is 11.3 Å². The smallest absolute Gasteiger partial charge is 0.0991 e. The first-order valence-corrected chi connectivity index (χ1v) is 10.2. The highest BCUT2D eigenvalue weighted by molar-refractivity contribution is 7.18. The number of likely N-dealkylation sites (N-methyl/N-ethyl adjacent to an activating group) is 1. The molecule has 0 unspecified atom stereocenters. The fraction of sp³-hybridized carbons (Fsp3) is 0.381. The molecule has 0 radical (unpaired) electrons. The molecule has 0 aliphatic carbocycles. The number of fused-ring (bicyclic) bond motifs is 3. The van der Waals surface area contributed by atoms with Gasteiger partial charge in [-0.3, -0.25) is 4.90 Å². The van der Waals surface area contributed by atoms with Crippen LogP contribution in [0, 0.1) is 0 Å². The fourth-order valence-corrected chi connectivity index (χ4v) is 6.21. The monoisotopic (exact) mass is 368 g/mol. The van der Waals surface area contributed by atoms with E-state index >= 15 is 0 Å². The van der Waals surface area contributed by atoms with Gasteiger partial charge >= 0.3 is 0 Å². The lowest BCUT2D eigenvalue weighted by molar-refractivity contribution is 0.137. The number of aromatic nitrogens is 1. The maximum Gasteiger partial charge on any atom is 0.0991 e. The van der Waals surface area contributed by atoms with Gasteiger partial charge in [-0.1, -0.05) is 35.9 Å². The highest BCUT2D eigenvalue weighted by Gasteiger charge is 2.47. The molecule has 128 valence electrons. The van der Waals surface area contributed by atoms with Gasteiger partial charge in [0.1, 0.15) is 0 Å². The van der Waals surface area contributed by atoms with Crippen LogP contribution in [0.5, 0.6) is 0 Å². The van der Waals surface area contributed by atoms with E-state index in [1.807, 2.05) is 23.5 Å². The van der Waals surface area contributed by atoms with Crippen LogP contribution in [0.3, 0.4) is 0 Å². The number of hydrogen-bond donors (Lipinski definition) is 0. The molecule has 0 amide bonds. The summed E-state index contributed by atoms with van der Waals surface area (Å²) in [5.74, 6) is 1.01. The molecule has 4 heteroatoms. The summed E-state index contributed by atoms with van der Waals surface area (Å²) >= 11 is 8.01. The molecule has 0 spiro atoms. The van der Waals surface area contributed by atoms with Crippen molar-refractivity contribution in [2.24, 2.45) is 0 Å². The number of hydrogen-bond acceptors (Lipinski definition) is 3. The summed E-state index contributed by atoms with van der Waals surface area (Å²) in [6.07, 6.45) is 3.81. The molecule has 2 saturated heterocycles. The molecule has 25 heavy (non-hydrogen) atoms. The lowest BCUT2D eigenvalue weighted by Gasteiger charge is -2.42. The van der Waals surface area contributed by atoms with Crippen LogP contribution in [0.1, 0.15) is 41.7 Å². The van der Waals surface area contributed by atoms with Crippen molar-refractivity contribution >= 4 is 33.2 Å². The number of para-hydroxylation sites is 1. The van der Waals surface area contributed by atoms with Crippen LogP contribution in [-0.4, -0.2) is 29.0 Å². The third-order valence-electron chi connectivity index (χ3n) is 6.16. The summed E-state index contributed by atoms with van der Waals surface area (Å²) in [5, 5.41) is 2.12. The quantitative estimate of drug-likeness (QED) is 0.578. The first-order chi connectivity index (χ1) is 12.2. The van der Waals surface area contributed by atoms with Gasteiger partial charge in [0.2, 0.25) is 0 Å². The van der Waals surface area contributed by atoms with Crippen molar-refractivity contribution in [3.63, 3.8) is 0 Å². The average Bonchev–Trinajstić information content (AvgIpc) is 3.14. The Morgan fingerprint density at radius 2 is 1.88 bits per heavy atom. The third kappa shape index (κ3) is 2.61. The molecule has 0 saturated carbocycles. The Kier molecular flexibility index (Phi) is 3.85. The van der Waals surface area contributed by atoms with Gasteiger partial charge in [-0.05, 0) is 62.1 Å². The van der Waals surface area contributed by atoms with Crippen molar-refractivity contribution in [3.05, 3.63) is 64.1 Å². The Balaban J connectivity index is 1.62. The van der Waals surface area contributed by atoms with Crippen LogP contribution in [0.15, 0.2) is 48.5 Å². The predicted octanol–water partition coefficient (Wildman–Crippen LogP) is 5.68. The van der Waals surface area contributed by atoms with Crippen LogP contribution in [0.4, 0.5) is 0 Å². The van der Waals surface area contributed by atoms with E-state index in [1.54, 1.807) is 0 Å². The molecular weight excluding hydrogens is 348 g/mol. The van der Waals surface area contributed by atoms with Crippen molar-refractivity contribution in [2.75, 3.05) is 7.05 Å². The molecule has 2 aromatic carbocycles. The zero-order chi connectivity index (χ0) is 17.0. The minimum atomic E-state index is 0.474. The van der Waals surface area contributed by atoms with Gasteiger partial charge in [0, 0.05) is 23.0 Å². The highest BCUT2D eigenvalue weighted by atomic mass is 35.5. The van der Waals surface area contributed by atoms with Crippen LogP contribution < -0.4 is 0 Å². The first-order valence-electron chi connectivity index (χ1n) is 9.03. The number of nitrogens with zero attached hydrogens (tertiary/aromatic N) is 2. The molecule has 1 aromatic heterocycles. The van der Waals surface area contributed by atoms with E-state index in [0.29, 0.717) is 23.9 Å². The highest BCUT2D eigenvalue weighted by Crippen LogP contribution is 2.52. The van der Waals surface area contributed by atoms with Crippen molar-refractivity contribution in [1.82, 2.24) is 9.88 Å². The van der Waals surface area contributed by atoms with E-state index in [-0.39, 0.29) is 0 Å². The Morgan fingerprint density at radius 3 is 2.68 bits per heavy atom. The second-order valence-corrected chi connectivity index (χ2v) is 8.90. The summed E-state index contributed by atoms with van der Waals surface area (Å²) in [5.41, 5.74) is 2.55. The Morgan fingerprint density at radius 1 is 1.08 bits per heavy atom. The summed E-state index contributed by atoms with van der Waals surface area (Å²) < 4.78 is 1.30.